The first kappa shape index (κ1) is 25.0. The lowest BCUT2D eigenvalue weighted by atomic mass is 9.93. The van der Waals surface area contributed by atoms with Gasteiger partial charge >= 0.3 is 0 Å². The third-order valence-corrected chi connectivity index (χ3v) is 7.51. The highest BCUT2D eigenvalue weighted by atomic mass is 16.5. The molecule has 2 fully saturated rings. The topological polar surface area (TPSA) is 112 Å². The van der Waals surface area contributed by atoms with Crippen LogP contribution >= 0.6 is 0 Å². The van der Waals surface area contributed by atoms with E-state index >= 15 is 0 Å². The number of rotatable bonds is 8. The van der Waals surface area contributed by atoms with Gasteiger partial charge in [-0.3, -0.25) is 9.89 Å². The summed E-state index contributed by atoms with van der Waals surface area (Å²) in [5.41, 5.74) is 3.70. The van der Waals surface area contributed by atoms with Crippen molar-refractivity contribution in [3.05, 3.63) is 61.4 Å². The summed E-state index contributed by atoms with van der Waals surface area (Å²) in [5.74, 6) is 2.28. The second-order valence-corrected chi connectivity index (χ2v) is 10.3. The third-order valence-electron chi connectivity index (χ3n) is 7.51. The van der Waals surface area contributed by atoms with E-state index in [-0.39, 0.29) is 18.1 Å². The number of anilines is 3. The van der Waals surface area contributed by atoms with Crippen LogP contribution in [0.15, 0.2) is 61.4 Å². The highest BCUT2D eigenvalue weighted by molar-refractivity contribution is 5.98. The summed E-state index contributed by atoms with van der Waals surface area (Å²) in [6, 6.07) is 11.8. The summed E-state index contributed by atoms with van der Waals surface area (Å²) >= 11 is 0. The fourth-order valence-electron chi connectivity index (χ4n) is 5.60. The number of aromatic amines is 1. The van der Waals surface area contributed by atoms with Crippen LogP contribution in [0.25, 0.3) is 16.8 Å². The predicted octanol–water partition coefficient (Wildman–Crippen LogP) is 5.04. The first-order chi connectivity index (χ1) is 19.2. The molecule has 0 unspecified atom stereocenters. The van der Waals surface area contributed by atoms with E-state index in [0.717, 1.165) is 67.1 Å². The monoisotopic (exact) mass is 526 g/mol. The van der Waals surface area contributed by atoms with Gasteiger partial charge in [-0.2, -0.15) is 14.6 Å². The average molecular weight is 527 g/mol. The third kappa shape index (κ3) is 5.59. The molecular formula is C29H34N8O2. The zero-order chi connectivity index (χ0) is 26.6. The van der Waals surface area contributed by atoms with E-state index in [0.29, 0.717) is 11.6 Å². The maximum atomic E-state index is 11.5. The van der Waals surface area contributed by atoms with Gasteiger partial charge in [0.25, 0.3) is 0 Å². The van der Waals surface area contributed by atoms with E-state index in [9.17, 15) is 4.79 Å². The largest absolute Gasteiger partial charge is 0.490 e. The van der Waals surface area contributed by atoms with Gasteiger partial charge in [-0.05, 0) is 81.0 Å². The summed E-state index contributed by atoms with van der Waals surface area (Å²) in [6.45, 7) is 5.50. The van der Waals surface area contributed by atoms with Crippen LogP contribution in [0.3, 0.4) is 0 Å². The number of nitrogens with zero attached hydrogens (tertiary/aromatic N) is 5. The maximum Gasteiger partial charge on any atom is 0.247 e. The summed E-state index contributed by atoms with van der Waals surface area (Å²) < 4.78 is 8.28. The second kappa shape index (κ2) is 11.2. The fraction of sp³-hybridized carbons (Fsp3) is 0.379. The minimum absolute atomic E-state index is 0.0958. The number of fused-ring (bicyclic) bond motifs is 1. The molecule has 3 aromatic heterocycles. The molecule has 4 heterocycles. The number of hydrogen-bond donors (Lipinski definition) is 3. The molecule has 1 aromatic carbocycles. The molecule has 3 N–H and O–H groups in total. The number of pyridine rings is 1. The number of aromatic nitrogens is 5. The Morgan fingerprint density at radius 3 is 2.69 bits per heavy atom. The molecule has 0 bridgehead atoms. The number of hydrogen-bond acceptors (Lipinski definition) is 7. The molecule has 10 heteroatoms. The number of piperidine rings is 1. The summed E-state index contributed by atoms with van der Waals surface area (Å²) in [5, 5.41) is 18.4. The highest BCUT2D eigenvalue weighted by Gasteiger charge is 2.26. The van der Waals surface area contributed by atoms with Gasteiger partial charge in [0.15, 0.2) is 5.65 Å². The number of H-pyrrole nitrogens is 1. The average Bonchev–Trinajstić information content (AvgIpc) is 3.64. The fourth-order valence-corrected chi connectivity index (χ4v) is 5.60. The van der Waals surface area contributed by atoms with Gasteiger partial charge in [-0.25, -0.2) is 0 Å². The van der Waals surface area contributed by atoms with Gasteiger partial charge < -0.3 is 20.3 Å². The number of carbonyl (C=O) groups excluding carboxylic acids is 1. The molecule has 6 rings (SSSR count). The van der Waals surface area contributed by atoms with Crippen molar-refractivity contribution in [3.8, 4) is 16.9 Å². The van der Waals surface area contributed by atoms with E-state index in [1.165, 1.54) is 25.3 Å². The predicted molar refractivity (Wildman–Crippen MR) is 152 cm³/mol. The Morgan fingerprint density at radius 1 is 1.08 bits per heavy atom. The standard InChI is InChI=1S/C29H34N8O2/c1-2-27(38)32-21-9-11-23(12-10-21)39-24-8-6-7-22(17-24)33-29-34-26-14-13-25(20-18-30-31-19-20)28(37(26)35-29)36-15-4-3-5-16-36/h2,9-14,18-19,22,24H,1,3-8,15-17H2,(H,30,31)(H,32,38)(H,33,35)/t22-,24+/m1/s1. The Labute approximate surface area is 227 Å². The molecule has 2 atom stereocenters. The van der Waals surface area contributed by atoms with Crippen molar-refractivity contribution in [1.29, 1.82) is 0 Å². The van der Waals surface area contributed by atoms with E-state index in [1.807, 2.05) is 47.2 Å². The Balaban J connectivity index is 1.17. The van der Waals surface area contributed by atoms with Crippen molar-refractivity contribution in [2.75, 3.05) is 28.6 Å². The van der Waals surface area contributed by atoms with Gasteiger partial charge in [0.05, 0.1) is 6.20 Å². The zero-order valence-corrected chi connectivity index (χ0v) is 22.0. The number of amides is 1. The summed E-state index contributed by atoms with van der Waals surface area (Å²) in [6.07, 6.45) is 12.7. The first-order valence-electron chi connectivity index (χ1n) is 13.8. The lowest BCUT2D eigenvalue weighted by Crippen LogP contribution is -2.33. The Bertz CT molecular complexity index is 1420. The van der Waals surface area contributed by atoms with E-state index in [2.05, 4.69) is 38.4 Å². The van der Waals surface area contributed by atoms with E-state index in [1.54, 1.807) is 0 Å². The normalized spacial score (nSPS) is 19.5. The Kier molecular flexibility index (Phi) is 7.16. The van der Waals surface area contributed by atoms with Gasteiger partial charge in [-0.1, -0.05) is 6.58 Å². The van der Waals surface area contributed by atoms with Gasteiger partial charge in [0, 0.05) is 48.6 Å². The van der Waals surface area contributed by atoms with Crippen molar-refractivity contribution in [1.82, 2.24) is 24.8 Å². The van der Waals surface area contributed by atoms with E-state index in [4.69, 9.17) is 14.8 Å². The van der Waals surface area contributed by atoms with Crippen LogP contribution < -0.4 is 20.3 Å². The number of carbonyl (C=O) groups is 1. The second-order valence-electron chi connectivity index (χ2n) is 10.3. The van der Waals surface area contributed by atoms with E-state index < -0.39 is 0 Å². The molecule has 1 aliphatic carbocycles. The van der Waals surface area contributed by atoms with Crippen molar-refractivity contribution in [2.24, 2.45) is 0 Å². The summed E-state index contributed by atoms with van der Waals surface area (Å²) in [7, 11) is 0. The minimum atomic E-state index is -0.230. The molecule has 202 valence electrons. The molecule has 2 aliphatic rings. The molecule has 39 heavy (non-hydrogen) atoms. The van der Waals surface area contributed by atoms with Crippen molar-refractivity contribution in [3.63, 3.8) is 0 Å². The molecular weight excluding hydrogens is 492 g/mol. The molecule has 0 radical (unpaired) electrons. The number of nitrogens with one attached hydrogen (secondary N) is 3. The van der Waals surface area contributed by atoms with Gasteiger partial charge in [-0.15, -0.1) is 5.10 Å². The van der Waals surface area contributed by atoms with Crippen LogP contribution in [0, 0.1) is 0 Å². The van der Waals surface area contributed by atoms with Crippen LogP contribution in [0.2, 0.25) is 0 Å². The van der Waals surface area contributed by atoms with Crippen LogP contribution in [0.1, 0.15) is 44.9 Å². The van der Waals surface area contributed by atoms with Crippen molar-refractivity contribution >= 4 is 29.0 Å². The maximum absolute atomic E-state index is 11.5. The minimum Gasteiger partial charge on any atom is -0.490 e. The number of ether oxygens (including phenoxy) is 1. The number of benzene rings is 1. The van der Waals surface area contributed by atoms with Crippen LogP contribution in [-0.4, -0.2) is 55.9 Å². The smallest absolute Gasteiger partial charge is 0.247 e. The van der Waals surface area contributed by atoms with Crippen LogP contribution in [0.4, 0.5) is 17.5 Å². The van der Waals surface area contributed by atoms with Crippen molar-refractivity contribution in [2.45, 2.75) is 57.1 Å². The Morgan fingerprint density at radius 2 is 1.92 bits per heavy atom. The molecule has 4 aromatic rings. The molecule has 1 saturated carbocycles. The molecule has 1 saturated heterocycles. The molecule has 1 amide bonds. The van der Waals surface area contributed by atoms with Crippen molar-refractivity contribution < 1.29 is 9.53 Å². The first-order valence-corrected chi connectivity index (χ1v) is 13.8. The van der Waals surface area contributed by atoms with Gasteiger partial charge in [0.1, 0.15) is 17.7 Å². The quantitative estimate of drug-likeness (QED) is 0.276. The van der Waals surface area contributed by atoms with Crippen LogP contribution in [0.5, 0.6) is 5.75 Å². The molecule has 0 spiro atoms. The molecule has 10 nitrogen and oxygen atoms in total. The molecule has 1 aliphatic heterocycles. The lowest BCUT2D eigenvalue weighted by molar-refractivity contribution is -0.111. The zero-order valence-electron chi connectivity index (χ0n) is 22.0. The Hall–Kier alpha value is -4.34. The SMILES string of the molecule is C=CC(=O)Nc1ccc(O[C@H]2CCC[C@@H](Nc3nc4ccc(-c5cn[nH]c5)c(N5CCCCC5)n4n3)C2)cc1. The van der Waals surface area contributed by atoms with Gasteiger partial charge in [0.2, 0.25) is 11.9 Å². The lowest BCUT2D eigenvalue weighted by Gasteiger charge is -2.30. The summed E-state index contributed by atoms with van der Waals surface area (Å²) in [4.78, 5) is 18.8. The highest BCUT2D eigenvalue weighted by Crippen LogP contribution is 2.33. The van der Waals surface area contributed by atoms with Crippen LogP contribution in [-0.2, 0) is 4.79 Å².